The van der Waals surface area contributed by atoms with Gasteiger partial charge in [0.25, 0.3) is 5.91 Å². The number of fused-ring (bicyclic) bond motifs is 1. The standard InChI is InChI=1S/C19H27ClN2O3/c1-14-4-8-22(9-5-14)7-2-6-21-19(23)15-12-16(20)18-17(13-15)24-10-3-11-25-18/h12-14H,2-11H2,1H3,(H,21,23). The predicted octanol–water partition coefficient (Wildman–Crippen LogP) is 3.35. The van der Waals surface area contributed by atoms with Crippen LogP contribution in [0, 0.1) is 5.92 Å². The summed E-state index contributed by atoms with van der Waals surface area (Å²) >= 11 is 6.25. The van der Waals surface area contributed by atoms with Crippen LogP contribution in [-0.2, 0) is 0 Å². The average molecular weight is 367 g/mol. The second kappa shape index (κ2) is 8.77. The van der Waals surface area contributed by atoms with Gasteiger partial charge in [-0.3, -0.25) is 4.79 Å². The van der Waals surface area contributed by atoms with Gasteiger partial charge in [0, 0.05) is 18.5 Å². The van der Waals surface area contributed by atoms with E-state index >= 15 is 0 Å². The van der Waals surface area contributed by atoms with E-state index in [2.05, 4.69) is 17.1 Å². The lowest BCUT2D eigenvalue weighted by Gasteiger charge is -2.30. The van der Waals surface area contributed by atoms with Crippen LogP contribution in [0.5, 0.6) is 11.5 Å². The van der Waals surface area contributed by atoms with Gasteiger partial charge in [0.1, 0.15) is 0 Å². The van der Waals surface area contributed by atoms with Crippen molar-refractivity contribution in [3.63, 3.8) is 0 Å². The third-order valence-corrected chi connectivity index (χ3v) is 5.16. The van der Waals surface area contributed by atoms with E-state index in [4.69, 9.17) is 21.1 Å². The number of carbonyl (C=O) groups is 1. The SMILES string of the molecule is CC1CCN(CCCNC(=O)c2cc(Cl)c3c(c2)OCCCO3)CC1. The van der Waals surface area contributed by atoms with Crippen molar-refractivity contribution in [3.8, 4) is 11.5 Å². The van der Waals surface area contributed by atoms with E-state index in [0.717, 1.165) is 25.3 Å². The lowest BCUT2D eigenvalue weighted by Crippen LogP contribution is -2.35. The van der Waals surface area contributed by atoms with Crippen LogP contribution in [0.3, 0.4) is 0 Å². The number of halogens is 1. The number of carbonyl (C=O) groups excluding carboxylic acids is 1. The van der Waals surface area contributed by atoms with Gasteiger partial charge in [-0.2, -0.15) is 0 Å². The molecule has 138 valence electrons. The van der Waals surface area contributed by atoms with Gasteiger partial charge in [0.2, 0.25) is 0 Å². The highest BCUT2D eigenvalue weighted by molar-refractivity contribution is 6.32. The molecule has 0 unspecified atom stereocenters. The van der Waals surface area contributed by atoms with Gasteiger partial charge >= 0.3 is 0 Å². The lowest BCUT2D eigenvalue weighted by atomic mass is 9.99. The fraction of sp³-hybridized carbons (Fsp3) is 0.632. The molecular weight excluding hydrogens is 340 g/mol. The number of amides is 1. The van der Waals surface area contributed by atoms with Gasteiger partial charge in [-0.1, -0.05) is 18.5 Å². The number of ether oxygens (including phenoxy) is 2. The zero-order valence-electron chi connectivity index (χ0n) is 14.9. The number of likely N-dealkylation sites (tertiary alicyclic amines) is 1. The minimum absolute atomic E-state index is 0.121. The van der Waals surface area contributed by atoms with Crippen molar-refractivity contribution in [1.29, 1.82) is 0 Å². The topological polar surface area (TPSA) is 50.8 Å². The number of piperidine rings is 1. The van der Waals surface area contributed by atoms with Crippen LogP contribution in [0.15, 0.2) is 12.1 Å². The molecule has 6 heteroatoms. The van der Waals surface area contributed by atoms with Gasteiger partial charge in [-0.05, 0) is 56.9 Å². The maximum atomic E-state index is 12.4. The van der Waals surface area contributed by atoms with Crippen LogP contribution >= 0.6 is 11.6 Å². The van der Waals surface area contributed by atoms with Crippen LogP contribution in [0.1, 0.15) is 43.0 Å². The Morgan fingerprint density at radius 1 is 1.28 bits per heavy atom. The van der Waals surface area contributed by atoms with E-state index in [1.165, 1.54) is 25.9 Å². The molecule has 3 rings (SSSR count). The fourth-order valence-electron chi connectivity index (χ4n) is 3.25. The monoisotopic (exact) mass is 366 g/mol. The molecule has 0 atom stereocenters. The molecule has 5 nitrogen and oxygen atoms in total. The minimum Gasteiger partial charge on any atom is -0.489 e. The smallest absolute Gasteiger partial charge is 0.251 e. The third-order valence-electron chi connectivity index (χ3n) is 4.88. The van der Waals surface area contributed by atoms with Crippen LogP contribution in [0.4, 0.5) is 0 Å². The molecule has 0 aromatic heterocycles. The van der Waals surface area contributed by atoms with Gasteiger partial charge in [0.05, 0.1) is 18.2 Å². The first-order valence-electron chi connectivity index (χ1n) is 9.23. The normalized spacial score (nSPS) is 18.6. The van der Waals surface area contributed by atoms with E-state index in [9.17, 15) is 4.79 Å². The second-order valence-electron chi connectivity index (χ2n) is 6.97. The molecule has 0 bridgehead atoms. The third kappa shape index (κ3) is 5.02. The summed E-state index contributed by atoms with van der Waals surface area (Å²) in [7, 11) is 0. The Labute approximate surface area is 154 Å². The maximum absolute atomic E-state index is 12.4. The largest absolute Gasteiger partial charge is 0.489 e. The summed E-state index contributed by atoms with van der Waals surface area (Å²) in [6.45, 7) is 7.51. The van der Waals surface area contributed by atoms with Crippen molar-refractivity contribution in [2.75, 3.05) is 39.4 Å². The molecule has 0 saturated carbocycles. The number of rotatable bonds is 5. The summed E-state index contributed by atoms with van der Waals surface area (Å²) in [5.74, 6) is 1.82. The Morgan fingerprint density at radius 3 is 2.84 bits per heavy atom. The minimum atomic E-state index is -0.121. The number of hydrogen-bond acceptors (Lipinski definition) is 4. The molecule has 0 spiro atoms. The Hall–Kier alpha value is -1.46. The number of hydrogen-bond donors (Lipinski definition) is 1. The van der Waals surface area contributed by atoms with Crippen LogP contribution in [-0.4, -0.2) is 50.2 Å². The molecule has 1 aromatic carbocycles. The summed E-state index contributed by atoms with van der Waals surface area (Å²) in [4.78, 5) is 14.9. The summed E-state index contributed by atoms with van der Waals surface area (Å²) in [6, 6.07) is 3.37. The molecule has 1 amide bonds. The Balaban J connectivity index is 1.48. The lowest BCUT2D eigenvalue weighted by molar-refractivity contribution is 0.0950. The summed E-state index contributed by atoms with van der Waals surface area (Å²) in [5, 5.41) is 3.40. The molecule has 0 radical (unpaired) electrons. The first-order valence-corrected chi connectivity index (χ1v) is 9.61. The van der Waals surface area contributed by atoms with E-state index in [-0.39, 0.29) is 5.91 Å². The van der Waals surface area contributed by atoms with Gasteiger partial charge in [-0.25, -0.2) is 0 Å². The molecule has 2 aliphatic heterocycles. The number of nitrogens with one attached hydrogen (secondary N) is 1. The Bertz CT molecular complexity index is 601. The first-order chi connectivity index (χ1) is 12.1. The van der Waals surface area contributed by atoms with E-state index in [1.807, 2.05) is 0 Å². The fourth-order valence-corrected chi connectivity index (χ4v) is 3.52. The molecule has 1 aromatic rings. The van der Waals surface area contributed by atoms with Crippen LogP contribution < -0.4 is 14.8 Å². The van der Waals surface area contributed by atoms with Crippen molar-refractivity contribution in [1.82, 2.24) is 10.2 Å². The van der Waals surface area contributed by atoms with E-state index < -0.39 is 0 Å². The van der Waals surface area contributed by atoms with Crippen molar-refractivity contribution in [2.24, 2.45) is 5.92 Å². The van der Waals surface area contributed by atoms with Crippen molar-refractivity contribution < 1.29 is 14.3 Å². The molecule has 1 N–H and O–H groups in total. The molecule has 0 aliphatic carbocycles. The van der Waals surface area contributed by atoms with Crippen molar-refractivity contribution in [3.05, 3.63) is 22.7 Å². The Morgan fingerprint density at radius 2 is 2.04 bits per heavy atom. The molecule has 2 aliphatic rings. The predicted molar refractivity (Wildman–Crippen MR) is 98.8 cm³/mol. The van der Waals surface area contributed by atoms with E-state index in [0.29, 0.717) is 41.8 Å². The second-order valence-corrected chi connectivity index (χ2v) is 7.38. The quantitative estimate of drug-likeness (QED) is 0.812. The zero-order valence-corrected chi connectivity index (χ0v) is 15.6. The van der Waals surface area contributed by atoms with Gasteiger partial charge < -0.3 is 19.7 Å². The van der Waals surface area contributed by atoms with E-state index in [1.54, 1.807) is 12.1 Å². The highest BCUT2D eigenvalue weighted by atomic mass is 35.5. The van der Waals surface area contributed by atoms with Crippen molar-refractivity contribution >= 4 is 17.5 Å². The maximum Gasteiger partial charge on any atom is 0.251 e. The van der Waals surface area contributed by atoms with Crippen LogP contribution in [0.25, 0.3) is 0 Å². The number of benzene rings is 1. The highest BCUT2D eigenvalue weighted by Gasteiger charge is 2.19. The van der Waals surface area contributed by atoms with Crippen LogP contribution in [0.2, 0.25) is 5.02 Å². The summed E-state index contributed by atoms with van der Waals surface area (Å²) in [6.07, 6.45) is 4.32. The highest BCUT2D eigenvalue weighted by Crippen LogP contribution is 2.37. The molecule has 2 heterocycles. The molecule has 25 heavy (non-hydrogen) atoms. The molecule has 1 fully saturated rings. The number of nitrogens with zero attached hydrogens (tertiary/aromatic N) is 1. The molecule has 1 saturated heterocycles. The van der Waals surface area contributed by atoms with Gasteiger partial charge in [-0.15, -0.1) is 0 Å². The first kappa shape index (κ1) is 18.3. The molecular formula is C19H27ClN2O3. The Kier molecular flexibility index (Phi) is 6.43. The summed E-state index contributed by atoms with van der Waals surface area (Å²) in [5.41, 5.74) is 0.515. The zero-order chi connectivity index (χ0) is 17.6. The average Bonchev–Trinajstić information content (AvgIpc) is 2.86. The summed E-state index contributed by atoms with van der Waals surface area (Å²) < 4.78 is 11.2. The van der Waals surface area contributed by atoms with Crippen molar-refractivity contribution in [2.45, 2.75) is 32.6 Å². The van der Waals surface area contributed by atoms with Gasteiger partial charge in [0.15, 0.2) is 11.5 Å².